The Bertz CT molecular complexity index is 242. The van der Waals surface area contributed by atoms with Gasteiger partial charge >= 0.3 is 0 Å². The van der Waals surface area contributed by atoms with Crippen LogP contribution in [0.2, 0.25) is 0 Å². The van der Waals surface area contributed by atoms with Crippen LogP contribution in [0.15, 0.2) is 0 Å². The van der Waals surface area contributed by atoms with Gasteiger partial charge in [0.05, 0.1) is 0 Å². The molecule has 0 spiro atoms. The van der Waals surface area contributed by atoms with Gasteiger partial charge in [0.15, 0.2) is 0 Å². The van der Waals surface area contributed by atoms with Gasteiger partial charge in [-0.3, -0.25) is 4.79 Å². The number of hydrogen-bond acceptors (Lipinski definition) is 3. The monoisotopic (exact) mass is 242 g/mol. The highest BCUT2D eigenvalue weighted by Gasteiger charge is 2.29. The number of hydrogen-bond donors (Lipinski definition) is 3. The molecular formula is C13H26N2O2. The molecule has 1 fully saturated rings. The largest absolute Gasteiger partial charge is 0.396 e. The molecule has 1 amide bonds. The predicted octanol–water partition coefficient (Wildman–Crippen LogP) is 0.899. The molecule has 1 unspecified atom stereocenters. The zero-order chi connectivity index (χ0) is 12.9. The number of carbonyl (C=O) groups is 1. The smallest absolute Gasteiger partial charge is 0.223 e. The Hall–Kier alpha value is -0.610. The molecule has 0 radical (unpaired) electrons. The Kier molecular flexibility index (Phi) is 5.40. The Balaban J connectivity index is 2.51. The predicted molar refractivity (Wildman–Crippen MR) is 68.7 cm³/mol. The first-order valence-corrected chi connectivity index (χ1v) is 6.57. The summed E-state index contributed by atoms with van der Waals surface area (Å²) < 4.78 is 0. The third-order valence-corrected chi connectivity index (χ3v) is 3.49. The Morgan fingerprint density at radius 1 is 1.41 bits per heavy atom. The van der Waals surface area contributed by atoms with E-state index in [0.29, 0.717) is 6.42 Å². The average Bonchev–Trinajstić information content (AvgIpc) is 2.28. The summed E-state index contributed by atoms with van der Waals surface area (Å²) in [5.41, 5.74) is -0.00862. The summed E-state index contributed by atoms with van der Waals surface area (Å²) in [7, 11) is 0. The highest BCUT2D eigenvalue weighted by Crippen LogP contribution is 2.23. The van der Waals surface area contributed by atoms with Crippen LogP contribution in [0.3, 0.4) is 0 Å². The number of aliphatic hydroxyl groups is 1. The third-order valence-electron chi connectivity index (χ3n) is 3.49. The van der Waals surface area contributed by atoms with Crippen LogP contribution in [0.25, 0.3) is 0 Å². The van der Waals surface area contributed by atoms with Crippen molar-refractivity contribution in [2.45, 2.75) is 46.1 Å². The molecule has 0 aromatic carbocycles. The number of carbonyl (C=O) groups excluding carboxylic acids is 1. The van der Waals surface area contributed by atoms with Crippen LogP contribution in [0.5, 0.6) is 0 Å². The summed E-state index contributed by atoms with van der Waals surface area (Å²) in [5.74, 6) is 0.291. The Morgan fingerprint density at radius 3 is 2.47 bits per heavy atom. The number of piperidine rings is 1. The summed E-state index contributed by atoms with van der Waals surface area (Å²) in [6.45, 7) is 8.26. The first kappa shape index (κ1) is 14.5. The molecule has 17 heavy (non-hydrogen) atoms. The molecule has 3 N–H and O–H groups in total. The summed E-state index contributed by atoms with van der Waals surface area (Å²) in [6.07, 6.45) is 2.46. The van der Waals surface area contributed by atoms with Gasteiger partial charge in [0.1, 0.15) is 0 Å². The van der Waals surface area contributed by atoms with Crippen molar-refractivity contribution in [3.63, 3.8) is 0 Å². The minimum Gasteiger partial charge on any atom is -0.396 e. The number of rotatable bonds is 4. The van der Waals surface area contributed by atoms with E-state index in [1.54, 1.807) is 0 Å². The Morgan fingerprint density at radius 2 is 2.00 bits per heavy atom. The van der Waals surface area contributed by atoms with Gasteiger partial charge in [-0.05, 0) is 37.8 Å². The molecule has 0 bridgehead atoms. The molecule has 4 heteroatoms. The number of aliphatic hydroxyl groups excluding tert-OH is 1. The molecule has 0 aliphatic carbocycles. The average molecular weight is 242 g/mol. The minimum absolute atomic E-state index is 0.00862. The number of amides is 1. The lowest BCUT2D eigenvalue weighted by atomic mass is 9.84. The van der Waals surface area contributed by atoms with E-state index in [2.05, 4.69) is 31.4 Å². The molecule has 0 aromatic rings. The zero-order valence-corrected chi connectivity index (χ0v) is 11.3. The third kappa shape index (κ3) is 4.64. The molecule has 1 saturated heterocycles. The summed E-state index contributed by atoms with van der Waals surface area (Å²) in [4.78, 5) is 12.1. The van der Waals surface area contributed by atoms with Crippen molar-refractivity contribution < 1.29 is 9.90 Å². The van der Waals surface area contributed by atoms with Crippen LogP contribution in [0.1, 0.15) is 40.0 Å². The zero-order valence-electron chi connectivity index (χ0n) is 11.3. The van der Waals surface area contributed by atoms with Crippen LogP contribution in [0.4, 0.5) is 0 Å². The van der Waals surface area contributed by atoms with Crippen molar-refractivity contribution in [3.05, 3.63) is 0 Å². The van der Waals surface area contributed by atoms with Crippen LogP contribution in [-0.2, 0) is 4.79 Å². The summed E-state index contributed by atoms with van der Waals surface area (Å²) in [6, 6.07) is 0.0508. The molecule has 0 aromatic heterocycles. The van der Waals surface area contributed by atoms with Crippen LogP contribution in [0, 0.1) is 11.3 Å². The number of nitrogens with one attached hydrogen (secondary N) is 2. The van der Waals surface area contributed by atoms with E-state index < -0.39 is 0 Å². The van der Waals surface area contributed by atoms with E-state index in [1.165, 1.54) is 0 Å². The van der Waals surface area contributed by atoms with Crippen molar-refractivity contribution in [2.24, 2.45) is 11.3 Å². The van der Waals surface area contributed by atoms with Gasteiger partial charge in [-0.2, -0.15) is 0 Å². The fourth-order valence-electron chi connectivity index (χ4n) is 2.22. The molecule has 1 heterocycles. The molecule has 1 atom stereocenters. The van der Waals surface area contributed by atoms with Crippen molar-refractivity contribution in [3.8, 4) is 0 Å². The van der Waals surface area contributed by atoms with Crippen molar-refractivity contribution in [1.82, 2.24) is 10.6 Å². The lowest BCUT2D eigenvalue weighted by Crippen LogP contribution is -2.48. The van der Waals surface area contributed by atoms with E-state index in [9.17, 15) is 4.79 Å². The summed E-state index contributed by atoms with van der Waals surface area (Å²) >= 11 is 0. The molecule has 100 valence electrons. The fourth-order valence-corrected chi connectivity index (χ4v) is 2.22. The second kappa shape index (κ2) is 6.36. The molecule has 1 aliphatic rings. The topological polar surface area (TPSA) is 61.4 Å². The molecule has 1 aliphatic heterocycles. The van der Waals surface area contributed by atoms with Gasteiger partial charge in [-0.15, -0.1) is 0 Å². The SMILES string of the molecule is CC(C)(C)C(CCO)NC(=O)C1CCNCC1. The van der Waals surface area contributed by atoms with E-state index in [4.69, 9.17) is 5.11 Å². The lowest BCUT2D eigenvalue weighted by Gasteiger charge is -2.33. The normalized spacial score (nSPS) is 20.0. The van der Waals surface area contributed by atoms with Crippen molar-refractivity contribution >= 4 is 5.91 Å². The highest BCUT2D eigenvalue weighted by atomic mass is 16.3. The maximum Gasteiger partial charge on any atom is 0.223 e. The van der Waals surface area contributed by atoms with E-state index in [1.807, 2.05) is 0 Å². The van der Waals surface area contributed by atoms with Crippen LogP contribution in [-0.4, -0.2) is 36.8 Å². The van der Waals surface area contributed by atoms with Crippen LogP contribution >= 0.6 is 0 Å². The molecular weight excluding hydrogens is 216 g/mol. The Labute approximate surface area is 104 Å². The fraction of sp³-hybridized carbons (Fsp3) is 0.923. The first-order chi connectivity index (χ1) is 7.95. The summed E-state index contributed by atoms with van der Waals surface area (Å²) in [5, 5.41) is 15.4. The van der Waals surface area contributed by atoms with Gasteiger partial charge in [-0.25, -0.2) is 0 Å². The minimum atomic E-state index is -0.00862. The quantitative estimate of drug-likeness (QED) is 0.686. The second-order valence-electron chi connectivity index (χ2n) is 5.96. The molecule has 0 saturated carbocycles. The van der Waals surface area contributed by atoms with Gasteiger partial charge < -0.3 is 15.7 Å². The lowest BCUT2D eigenvalue weighted by molar-refractivity contribution is -0.127. The highest BCUT2D eigenvalue weighted by molar-refractivity contribution is 5.79. The van der Waals surface area contributed by atoms with E-state index in [-0.39, 0.29) is 29.9 Å². The molecule has 4 nitrogen and oxygen atoms in total. The van der Waals surface area contributed by atoms with Crippen molar-refractivity contribution in [1.29, 1.82) is 0 Å². The standard InChI is InChI=1S/C13H26N2O2/c1-13(2,3)11(6-9-16)15-12(17)10-4-7-14-8-5-10/h10-11,14,16H,4-9H2,1-3H3,(H,15,17). The maximum absolute atomic E-state index is 12.1. The first-order valence-electron chi connectivity index (χ1n) is 6.57. The van der Waals surface area contributed by atoms with Gasteiger partial charge in [0.25, 0.3) is 0 Å². The van der Waals surface area contributed by atoms with E-state index in [0.717, 1.165) is 25.9 Å². The second-order valence-corrected chi connectivity index (χ2v) is 5.96. The van der Waals surface area contributed by atoms with Gasteiger partial charge in [0.2, 0.25) is 5.91 Å². The maximum atomic E-state index is 12.1. The van der Waals surface area contributed by atoms with Crippen molar-refractivity contribution in [2.75, 3.05) is 19.7 Å². The van der Waals surface area contributed by atoms with Gasteiger partial charge in [0, 0.05) is 18.6 Å². The van der Waals surface area contributed by atoms with E-state index >= 15 is 0 Å². The van der Waals surface area contributed by atoms with Gasteiger partial charge in [-0.1, -0.05) is 20.8 Å². The van der Waals surface area contributed by atoms with Crippen LogP contribution < -0.4 is 10.6 Å². The molecule has 1 rings (SSSR count).